The Balaban J connectivity index is 1.81. The van der Waals surface area contributed by atoms with E-state index in [1.165, 1.54) is 25.8 Å². The van der Waals surface area contributed by atoms with Gasteiger partial charge in [0.2, 0.25) is 0 Å². The number of ether oxygens (including phenoxy) is 1. The molecule has 142 valence electrons. The lowest BCUT2D eigenvalue weighted by molar-refractivity contribution is 0.181. The Morgan fingerprint density at radius 1 is 1.38 bits per heavy atom. The Hall–Kier alpha value is -1.08. The molecule has 0 radical (unpaired) electrons. The Kier molecular flexibility index (Phi) is 6.98. The van der Waals surface area contributed by atoms with Crippen molar-refractivity contribution < 1.29 is 4.74 Å². The van der Waals surface area contributed by atoms with E-state index in [0.717, 1.165) is 17.3 Å². The lowest BCUT2D eigenvalue weighted by atomic mass is 10.0. The molecule has 1 saturated heterocycles. The highest BCUT2D eigenvalue weighted by atomic mass is 35.5. The first-order valence-electron chi connectivity index (χ1n) is 9.12. The van der Waals surface area contributed by atoms with Gasteiger partial charge in [-0.3, -0.25) is 9.36 Å². The second kappa shape index (κ2) is 9.22. The van der Waals surface area contributed by atoms with Gasteiger partial charge in [-0.15, -0.1) is 0 Å². The Bertz CT molecular complexity index is 811. The first-order valence-corrected chi connectivity index (χ1v) is 10.5. The molecule has 1 aromatic carbocycles. The SMILES string of the molecule is COCCn1c(SCCC2CCCCN2C)nc2cc(Cl)ccc2c1=O. The van der Waals surface area contributed by atoms with Crippen LogP contribution in [0.4, 0.5) is 0 Å². The Morgan fingerprint density at radius 2 is 2.23 bits per heavy atom. The molecule has 7 heteroatoms. The van der Waals surface area contributed by atoms with Gasteiger partial charge in [-0.1, -0.05) is 29.8 Å². The second-order valence-electron chi connectivity index (χ2n) is 6.77. The number of fused-ring (bicyclic) bond motifs is 1. The van der Waals surface area contributed by atoms with Crippen molar-refractivity contribution in [2.24, 2.45) is 0 Å². The van der Waals surface area contributed by atoms with Gasteiger partial charge in [0.1, 0.15) is 0 Å². The molecule has 2 heterocycles. The zero-order valence-corrected chi connectivity index (χ0v) is 17.0. The van der Waals surface area contributed by atoms with Crippen LogP contribution in [0, 0.1) is 0 Å². The molecule has 0 amide bonds. The number of nitrogens with zero attached hydrogens (tertiary/aromatic N) is 3. The maximum absolute atomic E-state index is 12.9. The van der Waals surface area contributed by atoms with Crippen molar-refractivity contribution in [3.63, 3.8) is 0 Å². The summed E-state index contributed by atoms with van der Waals surface area (Å²) in [4.78, 5) is 20.1. The molecule has 0 spiro atoms. The number of hydrogen-bond donors (Lipinski definition) is 0. The molecule has 0 saturated carbocycles. The summed E-state index contributed by atoms with van der Waals surface area (Å²) in [7, 11) is 3.85. The minimum absolute atomic E-state index is 0.0269. The molecule has 1 fully saturated rings. The predicted molar refractivity (Wildman–Crippen MR) is 108 cm³/mol. The summed E-state index contributed by atoms with van der Waals surface area (Å²) in [6.45, 7) is 2.17. The first-order chi connectivity index (χ1) is 12.6. The molecule has 1 aromatic heterocycles. The number of hydrogen-bond acceptors (Lipinski definition) is 5. The van der Waals surface area contributed by atoms with Crippen LogP contribution in [0.15, 0.2) is 28.2 Å². The van der Waals surface area contributed by atoms with E-state index in [2.05, 4.69) is 11.9 Å². The van der Waals surface area contributed by atoms with Crippen molar-refractivity contribution in [2.45, 2.75) is 43.4 Å². The number of halogens is 1. The van der Waals surface area contributed by atoms with Crippen molar-refractivity contribution in [3.8, 4) is 0 Å². The molecule has 5 nitrogen and oxygen atoms in total. The van der Waals surface area contributed by atoms with E-state index in [4.69, 9.17) is 21.3 Å². The number of methoxy groups -OCH3 is 1. The Labute approximate surface area is 163 Å². The monoisotopic (exact) mass is 395 g/mol. The summed E-state index contributed by atoms with van der Waals surface area (Å²) in [5, 5.41) is 1.95. The summed E-state index contributed by atoms with van der Waals surface area (Å²) in [6, 6.07) is 5.88. The third-order valence-corrected chi connectivity index (χ3v) is 6.25. The van der Waals surface area contributed by atoms with Gasteiger partial charge in [0.05, 0.1) is 24.1 Å². The summed E-state index contributed by atoms with van der Waals surface area (Å²) in [5.74, 6) is 0.945. The summed E-state index contributed by atoms with van der Waals surface area (Å²) >= 11 is 7.74. The molecule has 1 aliphatic heterocycles. The highest BCUT2D eigenvalue weighted by molar-refractivity contribution is 7.99. The predicted octanol–water partition coefficient (Wildman–Crippen LogP) is 3.66. The average molecular weight is 396 g/mol. The van der Waals surface area contributed by atoms with Crippen molar-refractivity contribution in [2.75, 3.05) is 33.1 Å². The van der Waals surface area contributed by atoms with E-state index < -0.39 is 0 Å². The molecule has 1 atom stereocenters. The third-order valence-electron chi connectivity index (χ3n) is 5.01. The number of piperidine rings is 1. The molecular weight excluding hydrogens is 370 g/mol. The smallest absolute Gasteiger partial charge is 0.262 e. The van der Waals surface area contributed by atoms with Crippen LogP contribution < -0.4 is 5.56 Å². The molecule has 0 N–H and O–H groups in total. The molecular formula is C19H26ClN3O2S. The highest BCUT2D eigenvalue weighted by Gasteiger charge is 2.19. The fraction of sp³-hybridized carbons (Fsp3) is 0.579. The quantitative estimate of drug-likeness (QED) is 0.528. The largest absolute Gasteiger partial charge is 0.383 e. The van der Waals surface area contributed by atoms with Crippen molar-refractivity contribution in [1.29, 1.82) is 0 Å². The summed E-state index contributed by atoms with van der Waals surface area (Å²) < 4.78 is 6.91. The van der Waals surface area contributed by atoms with Crippen LogP contribution in [0.25, 0.3) is 10.9 Å². The molecule has 1 unspecified atom stereocenters. The molecule has 26 heavy (non-hydrogen) atoms. The van der Waals surface area contributed by atoms with Crippen LogP contribution in [0.2, 0.25) is 5.02 Å². The van der Waals surface area contributed by atoms with E-state index >= 15 is 0 Å². The van der Waals surface area contributed by atoms with Gasteiger partial charge in [0, 0.05) is 23.9 Å². The minimum atomic E-state index is -0.0269. The van der Waals surface area contributed by atoms with E-state index in [-0.39, 0.29) is 5.56 Å². The highest BCUT2D eigenvalue weighted by Crippen LogP contribution is 2.24. The second-order valence-corrected chi connectivity index (χ2v) is 8.27. The standard InChI is InChI=1S/C19H26ClN3O2S/c1-22-9-4-3-5-15(22)8-12-26-19-21-17-13-14(20)6-7-16(17)18(24)23(19)10-11-25-2/h6-7,13,15H,3-5,8-12H2,1-2H3. The lowest BCUT2D eigenvalue weighted by Crippen LogP contribution is -2.36. The minimum Gasteiger partial charge on any atom is -0.383 e. The van der Waals surface area contributed by atoms with Crippen molar-refractivity contribution in [1.82, 2.24) is 14.5 Å². The zero-order valence-electron chi connectivity index (χ0n) is 15.4. The number of rotatable bonds is 7. The normalized spacial score (nSPS) is 18.5. The van der Waals surface area contributed by atoms with E-state index in [1.807, 2.05) is 0 Å². The average Bonchev–Trinajstić information content (AvgIpc) is 2.62. The zero-order chi connectivity index (χ0) is 18.5. The number of aromatic nitrogens is 2. The molecule has 3 rings (SSSR count). The van der Waals surface area contributed by atoms with Crippen LogP contribution in [0.3, 0.4) is 0 Å². The topological polar surface area (TPSA) is 47.4 Å². The van der Waals surface area contributed by atoms with Crippen LogP contribution in [0.1, 0.15) is 25.7 Å². The van der Waals surface area contributed by atoms with Gasteiger partial charge in [0.25, 0.3) is 5.56 Å². The summed E-state index contributed by atoms with van der Waals surface area (Å²) in [5.41, 5.74) is 0.634. The van der Waals surface area contributed by atoms with Crippen LogP contribution >= 0.6 is 23.4 Å². The third kappa shape index (κ3) is 4.60. The van der Waals surface area contributed by atoms with Crippen LogP contribution in [0.5, 0.6) is 0 Å². The van der Waals surface area contributed by atoms with E-state index in [9.17, 15) is 4.79 Å². The van der Waals surface area contributed by atoms with Gasteiger partial charge in [0.15, 0.2) is 5.16 Å². The number of benzene rings is 1. The van der Waals surface area contributed by atoms with Crippen molar-refractivity contribution in [3.05, 3.63) is 33.6 Å². The molecule has 0 bridgehead atoms. The molecule has 2 aromatic rings. The molecule has 0 aliphatic carbocycles. The number of thioether (sulfide) groups is 1. The number of likely N-dealkylation sites (tertiary alicyclic amines) is 1. The van der Waals surface area contributed by atoms with Gasteiger partial charge >= 0.3 is 0 Å². The van der Waals surface area contributed by atoms with Gasteiger partial charge < -0.3 is 9.64 Å². The van der Waals surface area contributed by atoms with Crippen LogP contribution in [-0.4, -0.2) is 53.6 Å². The van der Waals surface area contributed by atoms with Gasteiger partial charge in [-0.2, -0.15) is 0 Å². The van der Waals surface area contributed by atoms with Gasteiger partial charge in [-0.25, -0.2) is 4.98 Å². The fourth-order valence-corrected chi connectivity index (χ4v) is 4.69. The van der Waals surface area contributed by atoms with E-state index in [1.54, 1.807) is 41.6 Å². The maximum atomic E-state index is 12.9. The lowest BCUT2D eigenvalue weighted by Gasteiger charge is -2.32. The Morgan fingerprint density at radius 3 is 3.00 bits per heavy atom. The van der Waals surface area contributed by atoms with E-state index in [0.29, 0.717) is 35.1 Å². The van der Waals surface area contributed by atoms with Crippen LogP contribution in [-0.2, 0) is 11.3 Å². The maximum Gasteiger partial charge on any atom is 0.262 e. The fourth-order valence-electron chi connectivity index (χ4n) is 3.46. The first kappa shape index (κ1) is 19.7. The van der Waals surface area contributed by atoms with Crippen molar-refractivity contribution >= 4 is 34.3 Å². The molecule has 1 aliphatic rings. The van der Waals surface area contributed by atoms with Gasteiger partial charge in [-0.05, 0) is 51.1 Å². The summed E-state index contributed by atoms with van der Waals surface area (Å²) in [6.07, 6.45) is 4.97.